The van der Waals surface area contributed by atoms with Crippen molar-refractivity contribution in [1.82, 2.24) is 15.5 Å². The molecular formula is C18H27IN4OS2. The number of morpholine rings is 1. The van der Waals surface area contributed by atoms with E-state index >= 15 is 0 Å². The van der Waals surface area contributed by atoms with Crippen molar-refractivity contribution < 1.29 is 4.74 Å². The molecule has 0 aliphatic carbocycles. The first kappa shape index (κ1) is 21.6. The van der Waals surface area contributed by atoms with E-state index in [9.17, 15) is 0 Å². The predicted molar refractivity (Wildman–Crippen MR) is 122 cm³/mol. The van der Waals surface area contributed by atoms with Crippen LogP contribution in [-0.4, -0.2) is 50.8 Å². The van der Waals surface area contributed by atoms with Crippen molar-refractivity contribution in [2.45, 2.75) is 19.5 Å². The largest absolute Gasteiger partial charge is 0.379 e. The van der Waals surface area contributed by atoms with Gasteiger partial charge in [0.25, 0.3) is 0 Å². The van der Waals surface area contributed by atoms with E-state index < -0.39 is 0 Å². The maximum Gasteiger partial charge on any atom is 0.191 e. The summed E-state index contributed by atoms with van der Waals surface area (Å²) in [7, 11) is 1.82. The Balaban J connectivity index is 0.00000243. The van der Waals surface area contributed by atoms with Gasteiger partial charge in [0.2, 0.25) is 0 Å². The van der Waals surface area contributed by atoms with Gasteiger partial charge in [-0.2, -0.15) is 0 Å². The van der Waals surface area contributed by atoms with E-state index in [1.807, 2.05) is 18.4 Å². The molecule has 3 heterocycles. The minimum atomic E-state index is 0. The summed E-state index contributed by atoms with van der Waals surface area (Å²) < 4.78 is 5.52. The van der Waals surface area contributed by atoms with Crippen molar-refractivity contribution in [2.24, 2.45) is 4.99 Å². The first-order valence-corrected chi connectivity index (χ1v) is 10.3. The van der Waals surface area contributed by atoms with Crippen molar-refractivity contribution in [3.05, 3.63) is 44.3 Å². The van der Waals surface area contributed by atoms with Crippen LogP contribution in [0.2, 0.25) is 0 Å². The second-order valence-electron chi connectivity index (χ2n) is 6.00. The Morgan fingerprint density at radius 3 is 2.69 bits per heavy atom. The number of hydrogen-bond acceptors (Lipinski definition) is 5. The molecule has 1 fully saturated rings. The monoisotopic (exact) mass is 506 g/mol. The van der Waals surface area contributed by atoms with Gasteiger partial charge in [-0.15, -0.1) is 46.7 Å². The van der Waals surface area contributed by atoms with Crippen LogP contribution in [0.15, 0.2) is 34.6 Å². The molecule has 1 aliphatic heterocycles. The fraction of sp³-hybridized carbons (Fsp3) is 0.500. The highest BCUT2D eigenvalue weighted by molar-refractivity contribution is 14.0. The SMILES string of the molecule is CN=C(NCc1cccs1)NCC(c1ccc(C)s1)N1CCOCC1.I. The van der Waals surface area contributed by atoms with Gasteiger partial charge in [-0.05, 0) is 30.5 Å². The van der Waals surface area contributed by atoms with Crippen LogP contribution in [0.5, 0.6) is 0 Å². The summed E-state index contributed by atoms with van der Waals surface area (Å²) in [5, 5.41) is 9.00. The Kier molecular flexibility index (Phi) is 9.34. The Morgan fingerprint density at radius 2 is 2.08 bits per heavy atom. The number of rotatable bonds is 6. The quantitative estimate of drug-likeness (QED) is 0.358. The smallest absolute Gasteiger partial charge is 0.191 e. The highest BCUT2D eigenvalue weighted by Crippen LogP contribution is 2.27. The highest BCUT2D eigenvalue weighted by atomic mass is 127. The third-order valence-electron chi connectivity index (χ3n) is 4.27. The average Bonchev–Trinajstić information content (AvgIpc) is 3.30. The molecule has 3 rings (SSSR count). The van der Waals surface area contributed by atoms with Gasteiger partial charge < -0.3 is 15.4 Å². The molecule has 1 saturated heterocycles. The number of nitrogens with zero attached hydrogens (tertiary/aromatic N) is 2. The second kappa shape index (κ2) is 11.2. The molecule has 1 unspecified atom stereocenters. The van der Waals surface area contributed by atoms with Gasteiger partial charge in [0.1, 0.15) is 0 Å². The molecule has 8 heteroatoms. The molecule has 0 saturated carbocycles. The Hall–Kier alpha value is -0.680. The van der Waals surface area contributed by atoms with Crippen molar-refractivity contribution in [3.8, 4) is 0 Å². The maximum absolute atomic E-state index is 5.52. The van der Waals surface area contributed by atoms with Crippen molar-refractivity contribution in [3.63, 3.8) is 0 Å². The van der Waals surface area contributed by atoms with Crippen molar-refractivity contribution >= 4 is 52.6 Å². The fourth-order valence-corrected chi connectivity index (χ4v) is 4.59. The Morgan fingerprint density at radius 1 is 1.27 bits per heavy atom. The van der Waals surface area contributed by atoms with Gasteiger partial charge in [-0.3, -0.25) is 9.89 Å². The van der Waals surface area contributed by atoms with Gasteiger partial charge in [0.05, 0.1) is 25.8 Å². The van der Waals surface area contributed by atoms with Crippen LogP contribution in [-0.2, 0) is 11.3 Å². The van der Waals surface area contributed by atoms with E-state index in [1.54, 1.807) is 11.3 Å². The van der Waals surface area contributed by atoms with Crippen LogP contribution in [0.1, 0.15) is 20.7 Å². The lowest BCUT2D eigenvalue weighted by atomic mass is 10.2. The summed E-state index contributed by atoms with van der Waals surface area (Å²) in [5.74, 6) is 0.847. The summed E-state index contributed by atoms with van der Waals surface area (Å²) in [6.45, 7) is 7.38. The number of halogens is 1. The summed E-state index contributed by atoms with van der Waals surface area (Å²) >= 11 is 3.64. The average molecular weight is 506 g/mol. The third-order valence-corrected chi connectivity index (χ3v) is 6.25. The first-order valence-electron chi connectivity index (χ1n) is 8.61. The van der Waals surface area contributed by atoms with E-state index in [0.717, 1.165) is 45.4 Å². The fourth-order valence-electron chi connectivity index (χ4n) is 2.93. The summed E-state index contributed by atoms with van der Waals surface area (Å²) in [6, 6.07) is 9.02. The number of thiophene rings is 2. The molecule has 0 radical (unpaired) electrons. The molecule has 2 N–H and O–H groups in total. The molecule has 144 valence electrons. The zero-order valence-electron chi connectivity index (χ0n) is 15.2. The normalized spacial score (nSPS) is 16.8. The molecule has 0 spiro atoms. The van der Waals surface area contributed by atoms with Gasteiger partial charge in [0, 0.05) is 41.3 Å². The molecule has 1 atom stereocenters. The van der Waals surface area contributed by atoms with Crippen LogP contribution >= 0.6 is 46.7 Å². The standard InChI is InChI=1S/C18H26N4OS2.HI/c1-14-5-6-17(25-14)16(22-7-9-23-10-8-22)13-21-18(19-2)20-12-15-4-3-11-24-15;/h3-6,11,16H,7-10,12-13H2,1-2H3,(H2,19,20,21);1H. The van der Waals surface area contributed by atoms with Crippen LogP contribution < -0.4 is 10.6 Å². The lowest BCUT2D eigenvalue weighted by molar-refractivity contribution is 0.0177. The number of nitrogens with one attached hydrogen (secondary N) is 2. The Bertz CT molecular complexity index is 669. The van der Waals surface area contributed by atoms with E-state index in [2.05, 4.69) is 57.1 Å². The minimum Gasteiger partial charge on any atom is -0.379 e. The van der Waals surface area contributed by atoms with Crippen LogP contribution in [0.4, 0.5) is 0 Å². The van der Waals surface area contributed by atoms with Gasteiger partial charge >= 0.3 is 0 Å². The minimum absolute atomic E-state index is 0. The van der Waals surface area contributed by atoms with Crippen LogP contribution in [0, 0.1) is 6.92 Å². The molecule has 26 heavy (non-hydrogen) atoms. The molecule has 0 bridgehead atoms. The number of aryl methyl sites for hydroxylation is 1. The van der Waals surface area contributed by atoms with E-state index in [4.69, 9.17) is 4.74 Å². The van der Waals surface area contributed by atoms with Crippen LogP contribution in [0.25, 0.3) is 0 Å². The van der Waals surface area contributed by atoms with Gasteiger partial charge in [0.15, 0.2) is 5.96 Å². The van der Waals surface area contributed by atoms with Crippen LogP contribution in [0.3, 0.4) is 0 Å². The lowest BCUT2D eigenvalue weighted by Gasteiger charge is -2.34. The second-order valence-corrected chi connectivity index (χ2v) is 8.35. The zero-order chi connectivity index (χ0) is 17.5. The Labute approximate surface area is 180 Å². The molecule has 0 amide bonds. The van der Waals surface area contributed by atoms with E-state index in [0.29, 0.717) is 6.04 Å². The number of aliphatic imine (C=N–C) groups is 1. The molecular weight excluding hydrogens is 479 g/mol. The number of hydrogen-bond donors (Lipinski definition) is 2. The topological polar surface area (TPSA) is 48.9 Å². The molecule has 2 aromatic rings. The van der Waals surface area contributed by atoms with E-state index in [1.165, 1.54) is 14.6 Å². The highest BCUT2D eigenvalue weighted by Gasteiger charge is 2.24. The maximum atomic E-state index is 5.52. The molecule has 2 aromatic heterocycles. The van der Waals surface area contributed by atoms with Gasteiger partial charge in [-0.1, -0.05) is 6.07 Å². The van der Waals surface area contributed by atoms with E-state index in [-0.39, 0.29) is 24.0 Å². The third kappa shape index (κ3) is 6.19. The summed E-state index contributed by atoms with van der Waals surface area (Å²) in [4.78, 5) is 10.9. The molecule has 5 nitrogen and oxygen atoms in total. The number of guanidine groups is 1. The summed E-state index contributed by atoms with van der Waals surface area (Å²) in [6.07, 6.45) is 0. The lowest BCUT2D eigenvalue weighted by Crippen LogP contribution is -2.46. The first-order chi connectivity index (χ1) is 12.3. The van der Waals surface area contributed by atoms with Crippen molar-refractivity contribution in [2.75, 3.05) is 39.9 Å². The zero-order valence-corrected chi connectivity index (χ0v) is 19.2. The molecule has 0 aromatic carbocycles. The predicted octanol–water partition coefficient (Wildman–Crippen LogP) is 3.47. The molecule has 1 aliphatic rings. The number of ether oxygens (including phenoxy) is 1. The van der Waals surface area contributed by atoms with Crippen molar-refractivity contribution in [1.29, 1.82) is 0 Å². The van der Waals surface area contributed by atoms with Gasteiger partial charge in [-0.25, -0.2) is 0 Å². The summed E-state index contributed by atoms with van der Waals surface area (Å²) in [5.41, 5.74) is 0.